The van der Waals surface area contributed by atoms with Gasteiger partial charge in [0.05, 0.1) is 23.3 Å². The van der Waals surface area contributed by atoms with Crippen molar-refractivity contribution in [1.29, 1.82) is 0 Å². The van der Waals surface area contributed by atoms with Crippen LogP contribution in [0.15, 0.2) is 42.5 Å². The largest absolute Gasteiger partial charge is 0.495 e. The van der Waals surface area contributed by atoms with Gasteiger partial charge in [0.15, 0.2) is 6.10 Å². The summed E-state index contributed by atoms with van der Waals surface area (Å²) in [6.45, 7) is 1.37. The molecule has 3 N–H and O–H groups in total. The minimum Gasteiger partial charge on any atom is -0.495 e. The molecule has 0 saturated carbocycles. The predicted molar refractivity (Wildman–Crippen MR) is 94.0 cm³/mol. The summed E-state index contributed by atoms with van der Waals surface area (Å²) in [4.78, 5) is 34.6. The Hall–Kier alpha value is -3.62. The number of hydrogen-bond acceptors (Lipinski definition) is 7. The van der Waals surface area contributed by atoms with Crippen LogP contribution < -0.4 is 15.8 Å². The molecule has 26 heavy (non-hydrogen) atoms. The molecule has 2 rings (SSSR count). The third kappa shape index (κ3) is 4.26. The van der Waals surface area contributed by atoms with Gasteiger partial charge in [0.2, 0.25) is 0 Å². The molecule has 0 aliphatic carbocycles. The molecule has 0 radical (unpaired) electrons. The van der Waals surface area contributed by atoms with E-state index in [0.717, 1.165) is 6.07 Å². The Morgan fingerprint density at radius 2 is 1.92 bits per heavy atom. The van der Waals surface area contributed by atoms with Gasteiger partial charge in [-0.3, -0.25) is 14.9 Å². The molecule has 1 amide bonds. The van der Waals surface area contributed by atoms with Crippen LogP contribution in [0.1, 0.15) is 17.3 Å². The van der Waals surface area contributed by atoms with E-state index < -0.39 is 22.9 Å². The van der Waals surface area contributed by atoms with Crippen LogP contribution in [0.5, 0.6) is 5.75 Å². The van der Waals surface area contributed by atoms with Crippen molar-refractivity contribution in [3.8, 4) is 5.75 Å². The van der Waals surface area contributed by atoms with Crippen LogP contribution in [0, 0.1) is 10.1 Å². The monoisotopic (exact) mass is 359 g/mol. The molecule has 136 valence electrons. The van der Waals surface area contributed by atoms with E-state index in [0.29, 0.717) is 11.4 Å². The minimum atomic E-state index is -1.16. The summed E-state index contributed by atoms with van der Waals surface area (Å²) < 4.78 is 10.2. The Kier molecular flexibility index (Phi) is 5.74. The fourth-order valence-electron chi connectivity index (χ4n) is 2.09. The molecule has 2 aromatic carbocycles. The van der Waals surface area contributed by atoms with Gasteiger partial charge >= 0.3 is 5.97 Å². The first-order chi connectivity index (χ1) is 12.3. The van der Waals surface area contributed by atoms with Crippen molar-refractivity contribution in [2.45, 2.75) is 13.0 Å². The number of nitro groups is 1. The van der Waals surface area contributed by atoms with Gasteiger partial charge in [-0.25, -0.2) is 4.79 Å². The second-order valence-corrected chi connectivity index (χ2v) is 5.27. The Bertz CT molecular complexity index is 852. The topological polar surface area (TPSA) is 134 Å². The molecular formula is C17H17N3O6. The number of carbonyl (C=O) groups excluding carboxylic acids is 2. The molecule has 0 bridgehead atoms. The van der Waals surface area contributed by atoms with Gasteiger partial charge in [-0.1, -0.05) is 12.1 Å². The molecule has 1 atom stereocenters. The van der Waals surface area contributed by atoms with Crippen molar-refractivity contribution in [3.05, 3.63) is 58.1 Å². The van der Waals surface area contributed by atoms with Crippen LogP contribution in [0.2, 0.25) is 0 Å². The highest BCUT2D eigenvalue weighted by Gasteiger charge is 2.23. The Balaban J connectivity index is 2.10. The smallest absolute Gasteiger partial charge is 0.341 e. The maximum Gasteiger partial charge on any atom is 0.341 e. The number of nitro benzene ring substituents is 1. The molecule has 2 aromatic rings. The zero-order chi connectivity index (χ0) is 19.3. The number of nitrogen functional groups attached to an aromatic ring is 1. The number of carbonyl (C=O) groups is 2. The number of non-ortho nitro benzene ring substituents is 1. The highest BCUT2D eigenvalue weighted by molar-refractivity contribution is 6.00. The molecule has 1 unspecified atom stereocenters. The molecule has 9 nitrogen and oxygen atoms in total. The second-order valence-electron chi connectivity index (χ2n) is 5.27. The Morgan fingerprint density at radius 3 is 2.58 bits per heavy atom. The number of nitrogens with two attached hydrogens (primary N) is 1. The van der Waals surface area contributed by atoms with Crippen molar-refractivity contribution < 1.29 is 24.0 Å². The van der Waals surface area contributed by atoms with E-state index >= 15 is 0 Å². The molecule has 0 aliphatic rings. The summed E-state index contributed by atoms with van der Waals surface area (Å²) in [5, 5.41) is 13.4. The zero-order valence-corrected chi connectivity index (χ0v) is 14.1. The van der Waals surface area contributed by atoms with Gasteiger partial charge in [-0.15, -0.1) is 0 Å². The lowest BCUT2D eigenvalue weighted by molar-refractivity contribution is -0.384. The van der Waals surface area contributed by atoms with E-state index in [2.05, 4.69) is 5.32 Å². The molecule has 0 aromatic heterocycles. The number of rotatable bonds is 6. The fraction of sp³-hybridized carbons (Fsp3) is 0.176. The average molecular weight is 359 g/mol. The van der Waals surface area contributed by atoms with Crippen LogP contribution >= 0.6 is 0 Å². The average Bonchev–Trinajstić information content (AvgIpc) is 2.62. The van der Waals surface area contributed by atoms with E-state index in [-0.39, 0.29) is 16.9 Å². The summed E-state index contributed by atoms with van der Waals surface area (Å²) >= 11 is 0. The van der Waals surface area contributed by atoms with E-state index in [4.69, 9.17) is 15.2 Å². The van der Waals surface area contributed by atoms with Gasteiger partial charge in [-0.05, 0) is 25.1 Å². The van der Waals surface area contributed by atoms with Crippen LogP contribution in [-0.4, -0.2) is 30.0 Å². The Labute approximate surface area is 148 Å². The maximum atomic E-state index is 12.2. The minimum absolute atomic E-state index is 0.0120. The van der Waals surface area contributed by atoms with Crippen LogP contribution in [0.3, 0.4) is 0 Å². The summed E-state index contributed by atoms with van der Waals surface area (Å²) in [6, 6.07) is 10.1. The summed E-state index contributed by atoms with van der Waals surface area (Å²) in [5.74, 6) is -1.08. The van der Waals surface area contributed by atoms with Crippen molar-refractivity contribution in [2.75, 3.05) is 18.2 Å². The molecule has 9 heteroatoms. The predicted octanol–water partition coefficient (Wildman–Crippen LogP) is 2.37. The number of anilines is 2. The standard InChI is InChI=1S/C17H17N3O6/c1-10(16(21)19-14-5-3-4-6-15(14)25-2)26-17(22)12-9-11(20(23)24)7-8-13(12)18/h3-10H,18H2,1-2H3,(H,19,21). The summed E-state index contributed by atoms with van der Waals surface area (Å²) in [5.41, 5.74) is 5.60. The zero-order valence-electron chi connectivity index (χ0n) is 14.1. The normalized spacial score (nSPS) is 11.3. The fourth-order valence-corrected chi connectivity index (χ4v) is 2.09. The highest BCUT2D eigenvalue weighted by Crippen LogP contribution is 2.24. The molecule has 0 heterocycles. The number of methoxy groups -OCH3 is 1. The number of amides is 1. The first kappa shape index (κ1) is 18.7. The van der Waals surface area contributed by atoms with Crippen LogP contribution in [0.4, 0.5) is 17.1 Å². The van der Waals surface area contributed by atoms with Gasteiger partial charge in [0.25, 0.3) is 11.6 Å². The van der Waals surface area contributed by atoms with Crippen molar-refractivity contribution >= 4 is 28.9 Å². The second kappa shape index (κ2) is 7.97. The molecule has 0 spiro atoms. The lowest BCUT2D eigenvalue weighted by Crippen LogP contribution is -2.30. The van der Waals surface area contributed by atoms with Crippen LogP contribution in [0.25, 0.3) is 0 Å². The van der Waals surface area contributed by atoms with Gasteiger partial charge < -0.3 is 20.5 Å². The first-order valence-electron chi connectivity index (χ1n) is 7.52. The summed E-state index contributed by atoms with van der Waals surface area (Å²) in [7, 11) is 1.46. The molecular weight excluding hydrogens is 342 g/mol. The third-order valence-corrected chi connectivity index (χ3v) is 3.49. The van der Waals surface area contributed by atoms with E-state index in [1.54, 1.807) is 24.3 Å². The number of para-hydroxylation sites is 2. The first-order valence-corrected chi connectivity index (χ1v) is 7.52. The SMILES string of the molecule is COc1ccccc1NC(=O)C(C)OC(=O)c1cc([N+](=O)[O-])ccc1N. The molecule has 0 fully saturated rings. The van der Waals surface area contributed by atoms with Crippen molar-refractivity contribution in [2.24, 2.45) is 0 Å². The van der Waals surface area contributed by atoms with Gasteiger partial charge in [0, 0.05) is 17.8 Å². The lowest BCUT2D eigenvalue weighted by Gasteiger charge is -2.15. The van der Waals surface area contributed by atoms with Crippen molar-refractivity contribution in [3.63, 3.8) is 0 Å². The number of hydrogen-bond donors (Lipinski definition) is 2. The van der Waals surface area contributed by atoms with E-state index in [9.17, 15) is 19.7 Å². The van der Waals surface area contributed by atoms with E-state index in [1.807, 2.05) is 0 Å². The van der Waals surface area contributed by atoms with E-state index in [1.165, 1.54) is 26.2 Å². The quantitative estimate of drug-likeness (QED) is 0.350. The molecule has 0 aliphatic heterocycles. The lowest BCUT2D eigenvalue weighted by atomic mass is 10.1. The number of ether oxygens (including phenoxy) is 2. The number of nitrogens with zero attached hydrogens (tertiary/aromatic N) is 1. The highest BCUT2D eigenvalue weighted by atomic mass is 16.6. The number of benzene rings is 2. The van der Waals surface area contributed by atoms with Gasteiger partial charge in [0.1, 0.15) is 5.75 Å². The molecule has 0 saturated heterocycles. The summed E-state index contributed by atoms with van der Waals surface area (Å²) in [6.07, 6.45) is -1.16. The number of nitrogens with one attached hydrogen (secondary N) is 1. The third-order valence-electron chi connectivity index (χ3n) is 3.49. The maximum absolute atomic E-state index is 12.2. The van der Waals surface area contributed by atoms with Crippen LogP contribution in [-0.2, 0) is 9.53 Å². The van der Waals surface area contributed by atoms with Gasteiger partial charge in [-0.2, -0.15) is 0 Å². The number of esters is 1. The Morgan fingerprint density at radius 1 is 1.23 bits per heavy atom. The van der Waals surface area contributed by atoms with Crippen molar-refractivity contribution in [1.82, 2.24) is 0 Å².